The maximum Gasteiger partial charge on any atom is 0.417 e. The van der Waals surface area contributed by atoms with Gasteiger partial charge in [0.25, 0.3) is 0 Å². The summed E-state index contributed by atoms with van der Waals surface area (Å²) in [5.74, 6) is -0.298. The maximum atomic E-state index is 13.6. The van der Waals surface area contributed by atoms with E-state index < -0.39 is 11.7 Å². The molecule has 3 nitrogen and oxygen atoms in total. The Morgan fingerprint density at radius 1 is 1.04 bits per heavy atom. The second kappa shape index (κ2) is 5.27. The van der Waals surface area contributed by atoms with Crippen molar-refractivity contribution in [3.8, 4) is 17.0 Å². The monoisotopic (exact) mass is 332 g/mol. The van der Waals surface area contributed by atoms with Crippen LogP contribution in [0.1, 0.15) is 11.3 Å². The van der Waals surface area contributed by atoms with Gasteiger partial charge in [-0.1, -0.05) is 30.3 Å². The number of aromatic hydroxyl groups is 1. The predicted molar refractivity (Wildman–Crippen MR) is 85.7 cm³/mol. The van der Waals surface area contributed by atoms with Crippen LogP contribution in [0.3, 0.4) is 0 Å². The molecule has 2 heterocycles. The zero-order chi connectivity index (χ0) is 16.9. The summed E-state index contributed by atoms with van der Waals surface area (Å²) in [4.78, 5) is 0. The molecule has 6 heteroatoms. The predicted octanol–water partition coefficient (Wildman–Crippen LogP) is 4.14. The summed E-state index contributed by atoms with van der Waals surface area (Å²) in [6.45, 7) is 1.51. The molecule has 0 bridgehead atoms. The van der Waals surface area contributed by atoms with Gasteiger partial charge in [0.15, 0.2) is 5.88 Å². The number of nitrogens with zero attached hydrogens (tertiary/aromatic N) is 1. The van der Waals surface area contributed by atoms with Gasteiger partial charge in [-0.2, -0.15) is 13.2 Å². The fourth-order valence-corrected chi connectivity index (χ4v) is 3.37. The molecule has 0 saturated carbocycles. The van der Waals surface area contributed by atoms with Crippen molar-refractivity contribution in [2.75, 3.05) is 6.54 Å². The number of alkyl halides is 3. The molecular weight excluding hydrogens is 317 g/mol. The van der Waals surface area contributed by atoms with Crippen molar-refractivity contribution < 1.29 is 18.3 Å². The summed E-state index contributed by atoms with van der Waals surface area (Å²) in [5.41, 5.74) is 1.11. The van der Waals surface area contributed by atoms with E-state index in [9.17, 15) is 18.3 Å². The SMILES string of the molecule is Oc1c2c(C(F)(F)F)cc(-c3ccccc3)cc2c2n1CCNC2. The first-order valence-electron chi connectivity index (χ1n) is 7.68. The number of halogens is 3. The summed E-state index contributed by atoms with van der Waals surface area (Å²) in [6.07, 6.45) is -4.54. The number of benzene rings is 2. The number of fused-ring (bicyclic) bond motifs is 3. The van der Waals surface area contributed by atoms with Gasteiger partial charge in [-0.05, 0) is 23.3 Å². The molecule has 0 aliphatic carbocycles. The smallest absolute Gasteiger partial charge is 0.417 e. The van der Waals surface area contributed by atoms with Crippen LogP contribution in [-0.2, 0) is 19.3 Å². The van der Waals surface area contributed by atoms with E-state index in [-0.39, 0.29) is 11.3 Å². The maximum absolute atomic E-state index is 13.6. The van der Waals surface area contributed by atoms with Crippen molar-refractivity contribution in [1.29, 1.82) is 0 Å². The largest absolute Gasteiger partial charge is 0.494 e. The summed E-state index contributed by atoms with van der Waals surface area (Å²) < 4.78 is 42.4. The van der Waals surface area contributed by atoms with Crippen LogP contribution < -0.4 is 5.32 Å². The summed E-state index contributed by atoms with van der Waals surface area (Å²) in [6, 6.07) is 11.8. The van der Waals surface area contributed by atoms with Crippen molar-refractivity contribution >= 4 is 10.8 Å². The third-order valence-electron chi connectivity index (χ3n) is 4.47. The molecule has 24 heavy (non-hydrogen) atoms. The van der Waals surface area contributed by atoms with Crippen LogP contribution in [0, 0.1) is 0 Å². The van der Waals surface area contributed by atoms with Gasteiger partial charge in [0.2, 0.25) is 0 Å². The molecule has 0 fully saturated rings. The van der Waals surface area contributed by atoms with E-state index in [1.807, 2.05) is 6.07 Å². The highest BCUT2D eigenvalue weighted by Crippen LogP contribution is 2.44. The molecular formula is C18H15F3N2O. The lowest BCUT2D eigenvalue weighted by Crippen LogP contribution is -2.27. The second-order valence-corrected chi connectivity index (χ2v) is 5.91. The Kier molecular flexibility index (Phi) is 3.31. The Labute approximate surface area is 136 Å². The molecule has 0 radical (unpaired) electrons. The number of nitrogens with one attached hydrogen (secondary N) is 1. The molecule has 2 aromatic carbocycles. The van der Waals surface area contributed by atoms with E-state index in [0.717, 1.165) is 6.07 Å². The summed E-state index contributed by atoms with van der Waals surface area (Å²) >= 11 is 0. The fourth-order valence-electron chi connectivity index (χ4n) is 3.37. The lowest BCUT2D eigenvalue weighted by molar-refractivity contribution is -0.136. The van der Waals surface area contributed by atoms with E-state index in [1.165, 1.54) is 0 Å². The van der Waals surface area contributed by atoms with Crippen LogP contribution in [-0.4, -0.2) is 16.2 Å². The molecule has 1 aliphatic heterocycles. The highest BCUT2D eigenvalue weighted by molar-refractivity contribution is 5.97. The third kappa shape index (κ3) is 2.26. The fraction of sp³-hybridized carbons (Fsp3) is 0.222. The number of hydrogen-bond donors (Lipinski definition) is 2. The third-order valence-corrected chi connectivity index (χ3v) is 4.47. The molecule has 2 N–H and O–H groups in total. The number of aromatic nitrogens is 1. The summed E-state index contributed by atoms with van der Waals surface area (Å²) in [5, 5.41) is 13.9. The van der Waals surface area contributed by atoms with E-state index in [2.05, 4.69) is 5.32 Å². The second-order valence-electron chi connectivity index (χ2n) is 5.91. The van der Waals surface area contributed by atoms with Crippen LogP contribution in [0.25, 0.3) is 21.9 Å². The van der Waals surface area contributed by atoms with Crippen LogP contribution in [0.2, 0.25) is 0 Å². The quantitative estimate of drug-likeness (QED) is 0.703. The Morgan fingerprint density at radius 3 is 2.50 bits per heavy atom. The minimum Gasteiger partial charge on any atom is -0.494 e. The first-order valence-corrected chi connectivity index (χ1v) is 7.68. The molecule has 1 aromatic heterocycles. The zero-order valence-corrected chi connectivity index (χ0v) is 12.7. The van der Waals surface area contributed by atoms with Crippen molar-refractivity contribution in [2.45, 2.75) is 19.3 Å². The van der Waals surface area contributed by atoms with Crippen LogP contribution in [0.5, 0.6) is 5.88 Å². The molecule has 0 atom stereocenters. The molecule has 124 valence electrons. The van der Waals surface area contributed by atoms with Crippen molar-refractivity contribution in [3.63, 3.8) is 0 Å². The first-order chi connectivity index (χ1) is 11.5. The van der Waals surface area contributed by atoms with Gasteiger partial charge in [0.05, 0.1) is 10.9 Å². The first kappa shape index (κ1) is 15.1. The van der Waals surface area contributed by atoms with Crippen LogP contribution >= 0.6 is 0 Å². The Balaban J connectivity index is 2.08. The molecule has 4 rings (SSSR count). The zero-order valence-electron chi connectivity index (χ0n) is 12.7. The van der Waals surface area contributed by atoms with Gasteiger partial charge in [-0.15, -0.1) is 0 Å². The average Bonchev–Trinajstić information content (AvgIpc) is 2.87. The highest BCUT2D eigenvalue weighted by Gasteiger charge is 2.36. The van der Waals surface area contributed by atoms with E-state index in [0.29, 0.717) is 41.8 Å². The van der Waals surface area contributed by atoms with Gasteiger partial charge in [-0.25, -0.2) is 0 Å². The molecule has 3 aromatic rings. The van der Waals surface area contributed by atoms with Crippen molar-refractivity contribution in [2.24, 2.45) is 0 Å². The lowest BCUT2D eigenvalue weighted by atomic mass is 9.97. The minimum atomic E-state index is -4.54. The number of hydrogen-bond acceptors (Lipinski definition) is 2. The van der Waals surface area contributed by atoms with Gasteiger partial charge in [-0.3, -0.25) is 0 Å². The number of rotatable bonds is 1. The van der Waals surface area contributed by atoms with E-state index in [1.54, 1.807) is 34.9 Å². The Morgan fingerprint density at radius 2 is 1.79 bits per heavy atom. The standard InChI is InChI=1S/C18H15F3N2O/c19-18(20,21)14-9-12(11-4-2-1-3-5-11)8-13-15-10-22-6-7-23(15)17(24)16(13)14/h1-5,8-9,22,24H,6-7,10H2. The molecule has 0 spiro atoms. The Hall–Kier alpha value is -2.47. The normalized spacial score (nSPS) is 14.8. The highest BCUT2D eigenvalue weighted by atomic mass is 19.4. The minimum absolute atomic E-state index is 0.110. The van der Waals surface area contributed by atoms with Crippen molar-refractivity contribution in [3.05, 3.63) is 53.7 Å². The topological polar surface area (TPSA) is 37.2 Å². The van der Waals surface area contributed by atoms with E-state index >= 15 is 0 Å². The molecule has 1 aliphatic rings. The van der Waals surface area contributed by atoms with Gasteiger partial charge in [0, 0.05) is 30.7 Å². The van der Waals surface area contributed by atoms with Gasteiger partial charge >= 0.3 is 6.18 Å². The van der Waals surface area contributed by atoms with Crippen molar-refractivity contribution in [1.82, 2.24) is 9.88 Å². The van der Waals surface area contributed by atoms with Crippen LogP contribution in [0.4, 0.5) is 13.2 Å². The average molecular weight is 332 g/mol. The van der Waals surface area contributed by atoms with Gasteiger partial charge in [0.1, 0.15) is 0 Å². The molecule has 0 saturated heterocycles. The van der Waals surface area contributed by atoms with Crippen LogP contribution in [0.15, 0.2) is 42.5 Å². The van der Waals surface area contributed by atoms with E-state index in [4.69, 9.17) is 0 Å². The summed E-state index contributed by atoms with van der Waals surface area (Å²) in [7, 11) is 0. The molecule has 0 unspecified atom stereocenters. The lowest BCUT2D eigenvalue weighted by Gasteiger charge is -2.17. The Bertz CT molecular complexity index is 914. The van der Waals surface area contributed by atoms with Gasteiger partial charge < -0.3 is 15.0 Å². The molecule has 0 amide bonds.